The average molecular weight is 475 g/mol. The Bertz CT molecular complexity index is 1250. The van der Waals surface area contributed by atoms with Gasteiger partial charge in [0.05, 0.1) is 22.9 Å². The van der Waals surface area contributed by atoms with Gasteiger partial charge in [-0.1, -0.05) is 45.5 Å². The molecule has 3 heterocycles. The van der Waals surface area contributed by atoms with E-state index in [0.717, 1.165) is 14.9 Å². The summed E-state index contributed by atoms with van der Waals surface area (Å²) in [5.41, 5.74) is 1.72. The van der Waals surface area contributed by atoms with E-state index in [0.29, 0.717) is 20.6 Å². The quantitative estimate of drug-likeness (QED) is 0.547. The third-order valence-electron chi connectivity index (χ3n) is 4.41. The minimum Gasteiger partial charge on any atom is -0.466 e. The lowest BCUT2D eigenvalue weighted by Crippen LogP contribution is -2.39. The minimum atomic E-state index is -0.532. The summed E-state index contributed by atoms with van der Waals surface area (Å²) in [4.78, 5) is 31.7. The van der Waals surface area contributed by atoms with Crippen molar-refractivity contribution in [2.75, 3.05) is 7.11 Å². The van der Waals surface area contributed by atoms with E-state index in [-0.39, 0.29) is 5.56 Å². The van der Waals surface area contributed by atoms with Crippen LogP contribution in [0, 0.1) is 0 Å². The van der Waals surface area contributed by atoms with Gasteiger partial charge in [-0.05, 0) is 42.1 Å². The molecule has 4 rings (SSSR count). The van der Waals surface area contributed by atoms with Crippen LogP contribution in [0.4, 0.5) is 0 Å². The third-order valence-corrected chi connectivity index (χ3v) is 6.84. The van der Waals surface area contributed by atoms with Gasteiger partial charge in [0.1, 0.15) is 6.04 Å². The summed E-state index contributed by atoms with van der Waals surface area (Å²) >= 11 is 6.23. The molecule has 0 fully saturated rings. The van der Waals surface area contributed by atoms with Crippen LogP contribution in [-0.2, 0) is 9.53 Å². The fourth-order valence-corrected chi connectivity index (χ4v) is 5.25. The Kier molecular flexibility index (Phi) is 5.18. The molecule has 28 heavy (non-hydrogen) atoms. The molecule has 142 valence electrons. The van der Waals surface area contributed by atoms with Gasteiger partial charge >= 0.3 is 5.97 Å². The lowest BCUT2D eigenvalue weighted by molar-refractivity contribution is -0.136. The number of carbonyl (C=O) groups excluding carboxylic acids is 1. The molecule has 0 spiro atoms. The molecule has 0 amide bonds. The SMILES string of the molecule is COC(=O)C1=C(C)N=c2sc(=Cc3ccc(Br)cc3)c(=O)n2C1c1cccs1. The predicted molar refractivity (Wildman–Crippen MR) is 114 cm³/mol. The monoisotopic (exact) mass is 474 g/mol. The number of hydrogen-bond donors (Lipinski definition) is 0. The van der Waals surface area contributed by atoms with Gasteiger partial charge in [-0.25, -0.2) is 9.79 Å². The Balaban J connectivity index is 1.96. The lowest BCUT2D eigenvalue weighted by Gasteiger charge is -2.22. The molecular weight excluding hydrogens is 460 g/mol. The number of esters is 1. The molecule has 0 N–H and O–H groups in total. The predicted octanol–water partition coefficient (Wildman–Crippen LogP) is 3.23. The highest BCUT2D eigenvalue weighted by atomic mass is 79.9. The first-order valence-corrected chi connectivity index (χ1v) is 10.9. The van der Waals surface area contributed by atoms with Crippen LogP contribution in [0.25, 0.3) is 6.08 Å². The van der Waals surface area contributed by atoms with Gasteiger partial charge in [0, 0.05) is 9.35 Å². The number of hydrogen-bond acceptors (Lipinski definition) is 6. The van der Waals surface area contributed by atoms with Crippen molar-refractivity contribution in [2.45, 2.75) is 13.0 Å². The van der Waals surface area contributed by atoms with E-state index in [2.05, 4.69) is 20.9 Å². The molecule has 0 saturated carbocycles. The zero-order valence-corrected chi connectivity index (χ0v) is 18.2. The van der Waals surface area contributed by atoms with Crippen molar-refractivity contribution in [3.05, 3.63) is 87.6 Å². The average Bonchev–Trinajstić information content (AvgIpc) is 3.31. The second kappa shape index (κ2) is 7.62. The van der Waals surface area contributed by atoms with E-state index in [1.165, 1.54) is 29.8 Å². The van der Waals surface area contributed by atoms with Crippen molar-refractivity contribution in [1.82, 2.24) is 4.57 Å². The van der Waals surface area contributed by atoms with E-state index in [4.69, 9.17) is 4.74 Å². The second-order valence-corrected chi connectivity index (χ2v) is 9.04. The van der Waals surface area contributed by atoms with Crippen LogP contribution >= 0.6 is 38.6 Å². The van der Waals surface area contributed by atoms with Crippen molar-refractivity contribution in [1.29, 1.82) is 0 Å². The number of carbonyl (C=O) groups is 1. The largest absolute Gasteiger partial charge is 0.466 e. The first-order chi connectivity index (χ1) is 13.5. The minimum absolute atomic E-state index is 0.168. The van der Waals surface area contributed by atoms with Crippen molar-refractivity contribution in [2.24, 2.45) is 4.99 Å². The summed E-state index contributed by atoms with van der Waals surface area (Å²) in [5, 5.41) is 1.93. The van der Waals surface area contributed by atoms with Gasteiger partial charge in [-0.2, -0.15) is 0 Å². The number of thiophene rings is 1. The Morgan fingerprint density at radius 3 is 2.68 bits per heavy atom. The molecule has 0 aliphatic carbocycles. The smallest absolute Gasteiger partial charge is 0.338 e. The molecule has 0 saturated heterocycles. The fraction of sp³-hybridized carbons (Fsp3) is 0.150. The molecule has 0 bridgehead atoms. The van der Waals surface area contributed by atoms with Crippen LogP contribution in [-0.4, -0.2) is 17.6 Å². The highest BCUT2D eigenvalue weighted by Crippen LogP contribution is 2.32. The summed E-state index contributed by atoms with van der Waals surface area (Å²) in [6, 6.07) is 11.0. The fourth-order valence-electron chi connectivity index (χ4n) is 3.12. The zero-order chi connectivity index (χ0) is 19.8. The highest BCUT2D eigenvalue weighted by Gasteiger charge is 2.33. The maximum Gasteiger partial charge on any atom is 0.338 e. The Morgan fingerprint density at radius 2 is 2.04 bits per heavy atom. The normalized spacial score (nSPS) is 16.7. The van der Waals surface area contributed by atoms with E-state index in [1.54, 1.807) is 11.5 Å². The van der Waals surface area contributed by atoms with Crippen LogP contribution in [0.5, 0.6) is 0 Å². The van der Waals surface area contributed by atoms with Gasteiger partial charge in [-0.3, -0.25) is 9.36 Å². The number of rotatable bonds is 3. The van der Waals surface area contributed by atoms with Gasteiger partial charge in [-0.15, -0.1) is 11.3 Å². The molecule has 3 aromatic rings. The van der Waals surface area contributed by atoms with Crippen molar-refractivity contribution < 1.29 is 9.53 Å². The molecule has 1 atom stereocenters. The van der Waals surface area contributed by atoms with Crippen molar-refractivity contribution in [3.63, 3.8) is 0 Å². The Hall–Kier alpha value is -2.29. The molecular formula is C20H15BrN2O3S2. The number of allylic oxidation sites excluding steroid dienone is 1. The maximum atomic E-state index is 13.3. The van der Waals surface area contributed by atoms with Crippen molar-refractivity contribution >= 4 is 50.6 Å². The van der Waals surface area contributed by atoms with Crippen molar-refractivity contribution in [3.8, 4) is 0 Å². The Labute approximate surface area is 177 Å². The molecule has 8 heteroatoms. The third kappa shape index (κ3) is 3.32. The summed E-state index contributed by atoms with van der Waals surface area (Å²) in [6.07, 6.45) is 1.85. The molecule has 0 radical (unpaired) electrons. The van der Waals surface area contributed by atoms with Gasteiger partial charge < -0.3 is 4.74 Å². The standard InChI is InChI=1S/C20H15BrN2O3S2/c1-11-16(19(25)26-2)17(14-4-3-9-27-14)23-18(24)15(28-20(23)22-11)10-12-5-7-13(21)8-6-12/h3-10,17H,1-2H3. The number of halogens is 1. The first kappa shape index (κ1) is 19.0. The number of thiazole rings is 1. The second-order valence-electron chi connectivity index (χ2n) is 6.14. The number of nitrogens with zero attached hydrogens (tertiary/aromatic N) is 2. The number of aromatic nitrogens is 1. The summed E-state index contributed by atoms with van der Waals surface area (Å²) in [5.74, 6) is -0.471. The number of methoxy groups -OCH3 is 1. The van der Waals surface area contributed by atoms with E-state index < -0.39 is 12.0 Å². The molecule has 5 nitrogen and oxygen atoms in total. The van der Waals surface area contributed by atoms with Gasteiger partial charge in [0.15, 0.2) is 4.80 Å². The van der Waals surface area contributed by atoms with Gasteiger partial charge in [0.2, 0.25) is 0 Å². The maximum absolute atomic E-state index is 13.3. The summed E-state index contributed by atoms with van der Waals surface area (Å²) in [6.45, 7) is 1.78. The van der Waals surface area contributed by atoms with Gasteiger partial charge in [0.25, 0.3) is 5.56 Å². The van der Waals surface area contributed by atoms with E-state index in [9.17, 15) is 9.59 Å². The molecule has 1 aromatic carbocycles. The number of ether oxygens (including phenoxy) is 1. The van der Waals surface area contributed by atoms with Crippen LogP contribution in [0.3, 0.4) is 0 Å². The van der Waals surface area contributed by atoms with Crippen LogP contribution in [0.1, 0.15) is 23.4 Å². The molecule has 1 aliphatic rings. The van der Waals surface area contributed by atoms with E-state index in [1.807, 2.05) is 47.9 Å². The van der Waals surface area contributed by atoms with E-state index >= 15 is 0 Å². The first-order valence-electron chi connectivity index (χ1n) is 8.39. The molecule has 1 aliphatic heterocycles. The number of fused-ring (bicyclic) bond motifs is 1. The molecule has 2 aromatic heterocycles. The summed E-state index contributed by atoms with van der Waals surface area (Å²) in [7, 11) is 1.34. The van der Waals surface area contributed by atoms with Crippen LogP contribution in [0.2, 0.25) is 0 Å². The number of benzene rings is 1. The Morgan fingerprint density at radius 1 is 1.29 bits per heavy atom. The van der Waals surface area contributed by atoms with Crippen LogP contribution < -0.4 is 14.9 Å². The summed E-state index contributed by atoms with van der Waals surface area (Å²) < 4.78 is 8.12. The topological polar surface area (TPSA) is 60.7 Å². The molecule has 1 unspecified atom stereocenters. The zero-order valence-electron chi connectivity index (χ0n) is 15.0. The highest BCUT2D eigenvalue weighted by molar-refractivity contribution is 9.10. The van der Waals surface area contributed by atoms with Crippen LogP contribution in [0.15, 0.2) is 67.3 Å². The lowest BCUT2D eigenvalue weighted by atomic mass is 10.0.